The van der Waals surface area contributed by atoms with E-state index in [1.165, 1.54) is 83.9 Å². The number of hydrogen-bond acceptors (Lipinski definition) is 9. The van der Waals surface area contributed by atoms with Gasteiger partial charge in [0.2, 0.25) is 0 Å². The first-order chi connectivity index (χ1) is 44.1. The highest BCUT2D eigenvalue weighted by atomic mass is 31.1. The predicted molar refractivity (Wildman–Crippen MR) is 385 cm³/mol. The second kappa shape index (κ2) is 24.5. The van der Waals surface area contributed by atoms with Gasteiger partial charge in [0.05, 0.1) is 0 Å². The van der Waals surface area contributed by atoms with Crippen LogP contribution in [0.2, 0.25) is 0 Å². The van der Waals surface area contributed by atoms with Crippen LogP contribution < -0.4 is 14.0 Å². The lowest BCUT2D eigenvalue weighted by Crippen LogP contribution is -2.41. The van der Waals surface area contributed by atoms with Gasteiger partial charge < -0.3 is 25.2 Å². The molecule has 0 spiro atoms. The van der Waals surface area contributed by atoms with E-state index in [9.17, 15) is 0 Å². The lowest BCUT2D eigenvalue weighted by molar-refractivity contribution is 0.421. The summed E-state index contributed by atoms with van der Waals surface area (Å²) in [5, 5.41) is 21.3. The molecule has 2 aliphatic heterocycles. The second-order valence-corrected chi connectivity index (χ2v) is 29.0. The largest absolute Gasteiger partial charge is 0.408 e. The van der Waals surface area contributed by atoms with Gasteiger partial charge in [-0.2, -0.15) is 4.67 Å². The normalized spacial score (nSPS) is 17.4. The molecular weight excluding hydrogens is 1170 g/mol. The minimum atomic E-state index is -1.25. The van der Waals surface area contributed by atoms with Crippen molar-refractivity contribution >= 4 is 155 Å². The topological polar surface area (TPSA) is 88.6 Å². The van der Waals surface area contributed by atoms with E-state index in [1.54, 1.807) is 0 Å². The van der Waals surface area contributed by atoms with E-state index in [0.717, 1.165) is 85.4 Å². The Kier molecular flexibility index (Phi) is 15.9. The Hall–Kier alpha value is -8.22. The molecule has 0 aliphatic carbocycles. The van der Waals surface area contributed by atoms with E-state index in [1.807, 2.05) is 0 Å². The van der Waals surface area contributed by atoms with Gasteiger partial charge in [0, 0.05) is 70.1 Å². The van der Waals surface area contributed by atoms with Crippen molar-refractivity contribution in [2.75, 3.05) is 33.6 Å². The van der Waals surface area contributed by atoms with Gasteiger partial charge in [-0.3, -0.25) is 0 Å². The van der Waals surface area contributed by atoms with Crippen LogP contribution in [-0.2, 0) is 0 Å². The van der Waals surface area contributed by atoms with Crippen molar-refractivity contribution < 1.29 is 25.2 Å². The number of piperidine rings is 1. The fraction of sp³-hybridized carbons (Fsp3) is 0.231. The molecule has 12 heteroatoms. The Morgan fingerprint density at radius 3 is 0.911 bits per heavy atom. The molecule has 0 bridgehead atoms. The van der Waals surface area contributed by atoms with Crippen LogP contribution in [-0.4, -0.2) is 37.8 Å². The van der Waals surface area contributed by atoms with E-state index in [4.69, 9.17) is 25.2 Å². The van der Waals surface area contributed by atoms with E-state index in [0.29, 0.717) is 30.0 Å². The van der Waals surface area contributed by atoms with Crippen molar-refractivity contribution in [2.24, 2.45) is 11.8 Å². The zero-order valence-electron chi connectivity index (χ0n) is 52.0. The summed E-state index contributed by atoms with van der Waals surface area (Å²) in [6.45, 7) is 18.7. The molecule has 90 heavy (non-hydrogen) atoms. The van der Waals surface area contributed by atoms with Crippen LogP contribution in [0.15, 0.2) is 244 Å². The maximum absolute atomic E-state index is 6.75. The maximum atomic E-state index is 6.75. The predicted octanol–water partition coefficient (Wildman–Crippen LogP) is 24.3. The number of nitrogens with zero attached hydrogens (tertiary/aromatic N) is 3. The van der Waals surface area contributed by atoms with Crippen LogP contribution in [0.1, 0.15) is 67.7 Å². The van der Waals surface area contributed by atoms with E-state index in [-0.39, 0.29) is 0 Å². The first-order valence-electron chi connectivity index (χ1n) is 32.0. The smallest absolute Gasteiger partial charge is 0.310 e. The molecule has 9 nitrogen and oxygen atoms in total. The van der Waals surface area contributed by atoms with Crippen LogP contribution >= 0.6 is 24.5 Å². The third kappa shape index (κ3) is 10.6. The fourth-order valence-electron chi connectivity index (χ4n) is 14.0. The summed E-state index contributed by atoms with van der Waals surface area (Å²) < 4.78 is 47.1. The molecule has 2 aliphatic rings. The van der Waals surface area contributed by atoms with Crippen LogP contribution in [0, 0.1) is 11.8 Å². The van der Waals surface area contributed by atoms with Crippen molar-refractivity contribution in [3.05, 3.63) is 218 Å². The summed E-state index contributed by atoms with van der Waals surface area (Å²) in [7, 11) is -3.70. The Labute approximate surface area is 526 Å². The summed E-state index contributed by atoms with van der Waals surface area (Å²) in [5.41, 5.74) is 5.46. The summed E-state index contributed by atoms with van der Waals surface area (Å²) in [6.07, 6.45) is 3.64. The quantitative estimate of drug-likeness (QED) is 0.167. The molecule has 15 aromatic rings. The minimum Gasteiger partial charge on any atom is -0.408 e. The van der Waals surface area contributed by atoms with Gasteiger partial charge in [0.1, 0.15) is 33.5 Å². The van der Waals surface area contributed by atoms with Gasteiger partial charge in [-0.1, -0.05) is 209 Å². The van der Waals surface area contributed by atoms with Gasteiger partial charge in [-0.05, 0) is 153 Å². The Balaban J connectivity index is 0.000000113. The molecule has 2 fully saturated rings. The third-order valence-electron chi connectivity index (χ3n) is 18.8. The zero-order valence-corrected chi connectivity index (χ0v) is 54.7. The molecule has 2 unspecified atom stereocenters. The molecule has 0 radical (unpaired) electrons. The summed E-state index contributed by atoms with van der Waals surface area (Å²) in [5.74, 6) is 1.30. The third-order valence-corrected chi connectivity index (χ3v) is 24.1. The zero-order chi connectivity index (χ0) is 61.1. The molecule has 0 amide bonds. The molecule has 5 heterocycles. The highest BCUT2D eigenvalue weighted by Gasteiger charge is 2.32. The first kappa shape index (κ1) is 58.2. The number of benzene rings is 12. The van der Waals surface area contributed by atoms with Crippen molar-refractivity contribution in [2.45, 2.75) is 85.9 Å². The number of fused-ring (bicyclic) bond motifs is 21. The second-order valence-electron chi connectivity index (χ2n) is 24.9. The molecular formula is C78H74N3O6P3. The molecule has 3 aromatic heterocycles. The standard InChI is InChI=1S/C27H26NO2P.C26H24NO2P.C25H24NO2P/c1-18-8-7-9-19(2)28(18)31-29-24-16-14-20-10-3-5-12-22(20)26(24)27-23-13-6-4-11-21(23)15-17-25(27)30-31;1-17-15-27(16-18(17)2)30-28-23-13-11-19-7-3-5-9-21(19)25(23)26-22-10-6-4-8-20(22)12-14-24(26)29-30;1-4-26(17(2)3)29-27-22-15-13-18-9-5-7-11-20(18)24(22)25-21-12-8-6-10-19(21)14-16-23(25)28-29/h3-6,10-19H,7-9H2,1-2H3;3-14,17-18H,15-16H2,1-2H3;5-17H,4H2,1-3H3/t;17-,18-;/m.1./s1. The van der Waals surface area contributed by atoms with E-state index < -0.39 is 24.5 Å². The fourth-order valence-corrected chi connectivity index (χ4v) is 18.9. The number of rotatable bonds is 5. The number of hydrogen-bond donors (Lipinski definition) is 0. The molecule has 0 saturated carbocycles. The van der Waals surface area contributed by atoms with Crippen LogP contribution in [0.5, 0.6) is 0 Å². The van der Waals surface area contributed by atoms with Crippen molar-refractivity contribution in [3.63, 3.8) is 0 Å². The maximum Gasteiger partial charge on any atom is 0.310 e. The molecule has 0 N–H and O–H groups in total. The molecule has 17 rings (SSSR count). The van der Waals surface area contributed by atoms with E-state index in [2.05, 4.69) is 281 Å². The minimum absolute atomic E-state index is 0.331. The Morgan fingerprint density at radius 2 is 0.633 bits per heavy atom. The summed E-state index contributed by atoms with van der Waals surface area (Å²) in [6, 6.07) is 78.1. The summed E-state index contributed by atoms with van der Waals surface area (Å²) >= 11 is 0. The van der Waals surface area contributed by atoms with Crippen LogP contribution in [0.4, 0.5) is 0 Å². The van der Waals surface area contributed by atoms with Gasteiger partial charge in [-0.25, -0.2) is 9.34 Å². The van der Waals surface area contributed by atoms with Crippen molar-refractivity contribution in [1.82, 2.24) is 0 Å². The highest BCUT2D eigenvalue weighted by Crippen LogP contribution is 2.48. The average molecular weight is 1240 g/mol. The van der Waals surface area contributed by atoms with Gasteiger partial charge in [0.25, 0.3) is 0 Å². The monoisotopic (exact) mass is 1240 g/mol. The average Bonchev–Trinajstić information content (AvgIpc) is 2.24. The van der Waals surface area contributed by atoms with Crippen molar-refractivity contribution in [3.8, 4) is 0 Å². The first-order valence-corrected chi connectivity index (χ1v) is 35.4. The summed E-state index contributed by atoms with van der Waals surface area (Å²) in [4.78, 5) is 0. The molecule has 4 atom stereocenters. The van der Waals surface area contributed by atoms with Gasteiger partial charge in [-0.15, -0.1) is 0 Å². The van der Waals surface area contributed by atoms with Crippen LogP contribution in [0.25, 0.3) is 130 Å². The Bertz CT molecular complexity index is 5060. The van der Waals surface area contributed by atoms with Crippen molar-refractivity contribution in [1.29, 1.82) is 0 Å². The van der Waals surface area contributed by atoms with Gasteiger partial charge >= 0.3 is 24.5 Å². The molecule has 452 valence electrons. The lowest BCUT2D eigenvalue weighted by atomic mass is 9.99. The van der Waals surface area contributed by atoms with E-state index >= 15 is 0 Å². The SMILES string of the molecule is CC1CCCC(C)N1p1oc2ccc3ccccc3c2c2c(ccc3ccccc32)o1.CCN(C(C)C)p1oc2ccc3ccccc3c2c2c(ccc3ccccc32)o1.C[C@@H]1CN(p2oc3ccc4ccccc4c3c3c(ccc4ccccc43)o2)C[C@H]1C. The highest BCUT2D eigenvalue weighted by molar-refractivity contribution is 7.39. The Morgan fingerprint density at radius 1 is 0.367 bits per heavy atom. The lowest BCUT2D eigenvalue weighted by Gasteiger charge is -2.35. The van der Waals surface area contributed by atoms with Gasteiger partial charge in [0.15, 0.2) is 0 Å². The molecule has 2 saturated heterocycles. The molecule has 12 aromatic carbocycles. The van der Waals surface area contributed by atoms with Crippen LogP contribution in [0.3, 0.4) is 0 Å².